The fourth-order valence-electron chi connectivity index (χ4n) is 1.69. The van der Waals surface area contributed by atoms with Crippen molar-refractivity contribution in [1.29, 1.82) is 0 Å². The molecule has 1 aliphatic rings. The lowest BCUT2D eigenvalue weighted by atomic mass is 10.2. The second-order valence-corrected chi connectivity index (χ2v) is 4.66. The predicted octanol–water partition coefficient (Wildman–Crippen LogP) is 1.66. The fourth-order valence-corrected chi connectivity index (χ4v) is 1.87. The van der Waals surface area contributed by atoms with Gasteiger partial charge in [0.05, 0.1) is 5.69 Å². The molecule has 2 heterocycles. The lowest BCUT2D eigenvalue weighted by Crippen LogP contribution is -1.99. The molecule has 1 fully saturated rings. The van der Waals surface area contributed by atoms with Crippen molar-refractivity contribution in [2.45, 2.75) is 25.8 Å². The van der Waals surface area contributed by atoms with Crippen molar-refractivity contribution in [3.63, 3.8) is 0 Å². The fraction of sp³-hybridized carbons (Fsp3) is 0.500. The molecule has 0 unspecified atom stereocenters. The van der Waals surface area contributed by atoms with Crippen LogP contribution in [0.4, 0.5) is 0 Å². The molecule has 5 nitrogen and oxygen atoms in total. The molecular weight excluding hydrogens is 226 g/mol. The standard InChI is InChI=1S/C10H12ClN5/c11-10-4-8(12-14-10)3-9-6-16(15-13-9)5-7-1-2-7/h4,6-7H,1-3,5H2,(H,12,14). The summed E-state index contributed by atoms with van der Waals surface area (Å²) >= 11 is 5.73. The van der Waals surface area contributed by atoms with Crippen molar-refractivity contribution in [2.24, 2.45) is 5.92 Å². The average Bonchev–Trinajstić information content (AvgIpc) is 2.80. The molecule has 2 aromatic rings. The van der Waals surface area contributed by atoms with Gasteiger partial charge < -0.3 is 0 Å². The largest absolute Gasteiger partial charge is 0.281 e. The van der Waals surface area contributed by atoms with Crippen LogP contribution < -0.4 is 0 Å². The van der Waals surface area contributed by atoms with Gasteiger partial charge in [-0.05, 0) is 24.8 Å². The van der Waals surface area contributed by atoms with Gasteiger partial charge in [-0.1, -0.05) is 16.8 Å². The Morgan fingerprint density at radius 1 is 1.50 bits per heavy atom. The Hall–Kier alpha value is -1.36. The first kappa shape index (κ1) is 9.84. The first-order valence-corrected chi connectivity index (χ1v) is 5.76. The van der Waals surface area contributed by atoms with Crippen LogP contribution in [0.2, 0.25) is 5.15 Å². The second-order valence-electron chi connectivity index (χ2n) is 4.27. The molecule has 0 bridgehead atoms. The number of rotatable bonds is 4. The molecule has 0 saturated heterocycles. The van der Waals surface area contributed by atoms with E-state index in [0.29, 0.717) is 11.6 Å². The van der Waals surface area contributed by atoms with Crippen LogP contribution in [-0.2, 0) is 13.0 Å². The molecule has 2 aromatic heterocycles. The van der Waals surface area contributed by atoms with Gasteiger partial charge in [-0.25, -0.2) is 0 Å². The first-order chi connectivity index (χ1) is 7.79. The van der Waals surface area contributed by atoms with E-state index >= 15 is 0 Å². The molecule has 6 heteroatoms. The molecule has 1 saturated carbocycles. The summed E-state index contributed by atoms with van der Waals surface area (Å²) in [5.41, 5.74) is 1.91. The second kappa shape index (κ2) is 3.90. The van der Waals surface area contributed by atoms with Gasteiger partial charge in [0.15, 0.2) is 5.15 Å². The third-order valence-electron chi connectivity index (χ3n) is 2.70. The summed E-state index contributed by atoms with van der Waals surface area (Å²) < 4.78 is 1.92. The quantitative estimate of drug-likeness (QED) is 0.880. The number of nitrogens with one attached hydrogen (secondary N) is 1. The average molecular weight is 238 g/mol. The lowest BCUT2D eigenvalue weighted by molar-refractivity contribution is 0.544. The minimum absolute atomic E-state index is 0.486. The molecular formula is C10H12ClN5. The number of aromatic nitrogens is 5. The highest BCUT2D eigenvalue weighted by molar-refractivity contribution is 6.29. The summed E-state index contributed by atoms with van der Waals surface area (Å²) in [6, 6.07) is 1.81. The van der Waals surface area contributed by atoms with E-state index in [4.69, 9.17) is 11.6 Å². The Morgan fingerprint density at radius 3 is 3.06 bits per heavy atom. The summed E-state index contributed by atoms with van der Waals surface area (Å²) in [6.45, 7) is 0.997. The Bertz CT molecular complexity index is 485. The number of halogens is 1. The molecule has 3 rings (SSSR count). The van der Waals surface area contributed by atoms with Gasteiger partial charge in [0, 0.05) is 24.9 Å². The van der Waals surface area contributed by atoms with Crippen molar-refractivity contribution < 1.29 is 0 Å². The molecule has 84 valence electrons. The molecule has 1 aliphatic carbocycles. The summed E-state index contributed by atoms with van der Waals surface area (Å²) in [6.07, 6.45) is 5.34. The van der Waals surface area contributed by atoms with Crippen molar-refractivity contribution in [2.75, 3.05) is 0 Å². The summed E-state index contributed by atoms with van der Waals surface area (Å²) in [7, 11) is 0. The van der Waals surface area contributed by atoms with Crippen molar-refractivity contribution in [3.8, 4) is 0 Å². The van der Waals surface area contributed by atoms with E-state index in [1.807, 2.05) is 16.9 Å². The molecule has 0 aliphatic heterocycles. The van der Waals surface area contributed by atoms with Gasteiger partial charge in [0.1, 0.15) is 0 Å². The van der Waals surface area contributed by atoms with Crippen LogP contribution in [-0.4, -0.2) is 25.2 Å². The minimum atomic E-state index is 0.486. The van der Waals surface area contributed by atoms with Crippen LogP contribution in [0.3, 0.4) is 0 Å². The van der Waals surface area contributed by atoms with Crippen LogP contribution in [0, 0.1) is 5.92 Å². The minimum Gasteiger partial charge on any atom is -0.281 e. The van der Waals surface area contributed by atoms with E-state index in [1.54, 1.807) is 0 Å². The van der Waals surface area contributed by atoms with Crippen molar-refractivity contribution in [1.82, 2.24) is 25.2 Å². The maximum atomic E-state index is 5.73. The zero-order chi connectivity index (χ0) is 11.0. The summed E-state index contributed by atoms with van der Waals surface area (Å²) in [4.78, 5) is 0. The number of aromatic amines is 1. The van der Waals surface area contributed by atoms with Gasteiger partial charge in [-0.3, -0.25) is 9.78 Å². The van der Waals surface area contributed by atoms with Crippen molar-refractivity contribution >= 4 is 11.6 Å². The van der Waals surface area contributed by atoms with Gasteiger partial charge >= 0.3 is 0 Å². The topological polar surface area (TPSA) is 59.4 Å². The number of hydrogen-bond donors (Lipinski definition) is 1. The van der Waals surface area contributed by atoms with E-state index in [1.165, 1.54) is 12.8 Å². The predicted molar refractivity (Wildman–Crippen MR) is 59.1 cm³/mol. The van der Waals surface area contributed by atoms with Crippen LogP contribution in [0.1, 0.15) is 24.2 Å². The van der Waals surface area contributed by atoms with Gasteiger partial charge in [0.25, 0.3) is 0 Å². The Labute approximate surface area is 97.8 Å². The highest BCUT2D eigenvalue weighted by Gasteiger charge is 2.22. The number of H-pyrrole nitrogens is 1. The molecule has 16 heavy (non-hydrogen) atoms. The Morgan fingerprint density at radius 2 is 2.38 bits per heavy atom. The SMILES string of the molecule is Clc1cc(Cc2cn(CC3CC3)nn2)[nH]n1. The Kier molecular flexibility index (Phi) is 2.40. The van der Waals surface area contributed by atoms with Gasteiger partial charge in [0.2, 0.25) is 0 Å². The molecule has 0 radical (unpaired) electrons. The molecule has 0 amide bonds. The molecule has 0 aromatic carbocycles. The number of nitrogens with zero attached hydrogens (tertiary/aromatic N) is 4. The van der Waals surface area contributed by atoms with Gasteiger partial charge in [-0.2, -0.15) is 5.10 Å². The van der Waals surface area contributed by atoms with Crippen LogP contribution >= 0.6 is 11.6 Å². The highest BCUT2D eigenvalue weighted by Crippen LogP contribution is 2.30. The van der Waals surface area contributed by atoms with E-state index in [2.05, 4.69) is 20.5 Å². The maximum absolute atomic E-state index is 5.73. The van der Waals surface area contributed by atoms with Crippen molar-refractivity contribution in [3.05, 3.63) is 28.8 Å². The van der Waals surface area contributed by atoms with E-state index in [9.17, 15) is 0 Å². The summed E-state index contributed by atoms with van der Waals surface area (Å²) in [5.74, 6) is 0.816. The zero-order valence-corrected chi connectivity index (χ0v) is 9.48. The molecule has 1 N–H and O–H groups in total. The van der Waals surface area contributed by atoms with Gasteiger partial charge in [-0.15, -0.1) is 5.10 Å². The number of hydrogen-bond acceptors (Lipinski definition) is 3. The third-order valence-corrected chi connectivity index (χ3v) is 2.89. The molecule has 0 atom stereocenters. The van der Waals surface area contributed by atoms with Crippen LogP contribution in [0.25, 0.3) is 0 Å². The maximum Gasteiger partial charge on any atom is 0.151 e. The lowest BCUT2D eigenvalue weighted by Gasteiger charge is -1.94. The first-order valence-electron chi connectivity index (χ1n) is 5.38. The zero-order valence-electron chi connectivity index (χ0n) is 8.73. The summed E-state index contributed by atoms with van der Waals surface area (Å²) in [5, 5.41) is 15.4. The van der Waals surface area contributed by atoms with Crippen LogP contribution in [0.15, 0.2) is 12.3 Å². The van der Waals surface area contributed by atoms with E-state index < -0.39 is 0 Å². The smallest absolute Gasteiger partial charge is 0.151 e. The normalized spacial score (nSPS) is 15.6. The highest BCUT2D eigenvalue weighted by atomic mass is 35.5. The monoisotopic (exact) mass is 237 g/mol. The van der Waals surface area contributed by atoms with E-state index in [0.717, 1.165) is 23.9 Å². The van der Waals surface area contributed by atoms with E-state index in [-0.39, 0.29) is 0 Å². The molecule has 0 spiro atoms. The Balaban J connectivity index is 1.67. The third kappa shape index (κ3) is 2.24. The van der Waals surface area contributed by atoms with Crippen LogP contribution in [0.5, 0.6) is 0 Å².